The van der Waals surface area contributed by atoms with E-state index in [-0.39, 0.29) is 18.3 Å². The number of benzene rings is 1. The van der Waals surface area contributed by atoms with E-state index in [0.717, 1.165) is 5.56 Å². The van der Waals surface area contributed by atoms with E-state index >= 15 is 0 Å². The van der Waals surface area contributed by atoms with Crippen molar-refractivity contribution in [2.75, 3.05) is 0 Å². The van der Waals surface area contributed by atoms with E-state index < -0.39 is 5.97 Å². The summed E-state index contributed by atoms with van der Waals surface area (Å²) in [7, 11) is 0. The van der Waals surface area contributed by atoms with Gasteiger partial charge in [-0.1, -0.05) is 6.07 Å². The minimum Gasteiger partial charge on any atom is -0.481 e. The highest BCUT2D eigenvalue weighted by molar-refractivity contribution is 9.10. The first kappa shape index (κ1) is 14.6. The number of amides is 1. The Morgan fingerprint density at radius 3 is 2.83 bits per heavy atom. The van der Waals surface area contributed by atoms with E-state index in [0.29, 0.717) is 23.7 Å². The molecule has 1 atom stereocenters. The molecule has 0 aliphatic heterocycles. The van der Waals surface area contributed by atoms with Crippen molar-refractivity contribution in [3.05, 3.63) is 34.1 Å². The number of carboxylic acid groups (broad SMARTS) is 1. The molecular weight excluding hydrogens is 305 g/mol. The summed E-state index contributed by atoms with van der Waals surface area (Å²) >= 11 is 3.08. The summed E-state index contributed by atoms with van der Waals surface area (Å²) in [6.07, 6.45) is 1.33. The van der Waals surface area contributed by atoms with Crippen molar-refractivity contribution in [3.63, 3.8) is 0 Å². The van der Waals surface area contributed by atoms with Gasteiger partial charge in [0.05, 0.1) is 4.47 Å². The van der Waals surface area contributed by atoms with Crippen molar-refractivity contribution in [2.24, 2.45) is 0 Å². The highest BCUT2D eigenvalue weighted by Crippen LogP contribution is 2.18. The summed E-state index contributed by atoms with van der Waals surface area (Å²) in [5, 5.41) is 11.2. The fourth-order valence-electron chi connectivity index (χ4n) is 1.59. The molecule has 0 aliphatic carbocycles. The highest BCUT2D eigenvalue weighted by Gasteiger charge is 2.11. The topological polar surface area (TPSA) is 66.4 Å². The Hall–Kier alpha value is -1.43. The Morgan fingerprint density at radius 1 is 1.56 bits per heavy atom. The molecule has 0 radical (unpaired) electrons. The van der Waals surface area contributed by atoms with Crippen LogP contribution in [0.3, 0.4) is 0 Å². The highest BCUT2D eigenvalue weighted by atomic mass is 79.9. The fourth-order valence-corrected chi connectivity index (χ4v) is 2.02. The molecule has 0 saturated carbocycles. The van der Waals surface area contributed by atoms with Gasteiger partial charge in [0.15, 0.2) is 0 Å². The Labute approximate surface area is 112 Å². The summed E-state index contributed by atoms with van der Waals surface area (Å²) < 4.78 is 13.4. The molecule has 0 bridgehead atoms. The molecule has 1 aromatic carbocycles. The van der Waals surface area contributed by atoms with Crippen LogP contribution in [0.15, 0.2) is 22.7 Å². The summed E-state index contributed by atoms with van der Waals surface area (Å²) in [5.41, 5.74) is 0.827. The third-order valence-electron chi connectivity index (χ3n) is 2.48. The number of carboxylic acids is 1. The van der Waals surface area contributed by atoms with Crippen molar-refractivity contribution in [2.45, 2.75) is 25.3 Å². The molecule has 0 aromatic heterocycles. The van der Waals surface area contributed by atoms with Crippen LogP contribution < -0.4 is 5.32 Å². The van der Waals surface area contributed by atoms with Crippen LogP contribution in [-0.4, -0.2) is 23.5 Å². The second-order valence-corrected chi connectivity index (χ2v) is 4.72. The van der Waals surface area contributed by atoms with Gasteiger partial charge in [0, 0.05) is 12.5 Å². The van der Waals surface area contributed by atoms with Gasteiger partial charge in [-0.25, -0.2) is 4.39 Å². The quantitative estimate of drug-likeness (QED) is 0.757. The summed E-state index contributed by atoms with van der Waals surface area (Å²) in [5.74, 6) is -1.27. The lowest BCUT2D eigenvalue weighted by molar-refractivity contribution is -0.137. The maximum atomic E-state index is 13.0. The van der Waals surface area contributed by atoms with E-state index in [4.69, 9.17) is 5.11 Å². The van der Waals surface area contributed by atoms with Gasteiger partial charge in [0.25, 0.3) is 0 Å². The molecule has 1 amide bonds. The van der Waals surface area contributed by atoms with Crippen molar-refractivity contribution < 1.29 is 19.1 Å². The first-order chi connectivity index (χ1) is 8.52. The van der Waals surface area contributed by atoms with E-state index in [2.05, 4.69) is 21.2 Å². The second-order valence-electron chi connectivity index (χ2n) is 3.87. The number of carbonyl (C=O) groups excluding carboxylic acids is 1. The fraction of sp³-hybridized carbons (Fsp3) is 0.333. The lowest BCUT2D eigenvalue weighted by atomic mass is 10.0. The van der Waals surface area contributed by atoms with Crippen LogP contribution in [0.1, 0.15) is 18.4 Å². The van der Waals surface area contributed by atoms with Gasteiger partial charge < -0.3 is 10.4 Å². The minimum absolute atomic E-state index is 0.0200. The van der Waals surface area contributed by atoms with Gasteiger partial charge >= 0.3 is 5.97 Å². The van der Waals surface area contributed by atoms with Crippen molar-refractivity contribution in [3.8, 4) is 0 Å². The SMILES string of the molecule is O=CNC(CCC(=O)O)Cc1ccc(F)c(Br)c1. The lowest BCUT2D eigenvalue weighted by Crippen LogP contribution is -2.30. The van der Waals surface area contributed by atoms with Crippen LogP contribution in [-0.2, 0) is 16.0 Å². The van der Waals surface area contributed by atoms with Crippen molar-refractivity contribution in [1.29, 1.82) is 0 Å². The maximum Gasteiger partial charge on any atom is 0.303 e. The zero-order valence-corrected chi connectivity index (χ0v) is 11.1. The summed E-state index contributed by atoms with van der Waals surface area (Å²) in [6.45, 7) is 0. The predicted octanol–water partition coefficient (Wildman–Crippen LogP) is 2.11. The van der Waals surface area contributed by atoms with Gasteiger partial charge in [-0.15, -0.1) is 0 Å². The van der Waals surface area contributed by atoms with Gasteiger partial charge in [-0.3, -0.25) is 9.59 Å². The molecule has 0 aliphatic rings. The van der Waals surface area contributed by atoms with Crippen LogP contribution in [0.2, 0.25) is 0 Å². The monoisotopic (exact) mass is 317 g/mol. The standard InChI is InChI=1S/C12H13BrFNO3/c13-10-6-8(1-3-11(10)14)5-9(15-7-16)2-4-12(17)18/h1,3,6-7,9H,2,4-5H2,(H,15,16)(H,17,18). The molecule has 2 N–H and O–H groups in total. The van der Waals surface area contributed by atoms with E-state index in [1.807, 2.05) is 0 Å². The van der Waals surface area contributed by atoms with Gasteiger partial charge in [-0.05, 0) is 46.5 Å². The average Bonchev–Trinajstić information content (AvgIpc) is 2.31. The first-order valence-electron chi connectivity index (χ1n) is 5.38. The third-order valence-corrected chi connectivity index (χ3v) is 3.08. The number of aliphatic carboxylic acids is 1. The lowest BCUT2D eigenvalue weighted by Gasteiger charge is -2.15. The smallest absolute Gasteiger partial charge is 0.303 e. The molecule has 1 rings (SSSR count). The largest absolute Gasteiger partial charge is 0.481 e. The van der Waals surface area contributed by atoms with Crippen LogP contribution in [0.25, 0.3) is 0 Å². The molecule has 0 spiro atoms. The maximum absolute atomic E-state index is 13.0. The minimum atomic E-state index is -0.909. The molecule has 0 heterocycles. The van der Waals surface area contributed by atoms with Crippen LogP contribution in [0.5, 0.6) is 0 Å². The number of nitrogens with one attached hydrogen (secondary N) is 1. The van der Waals surface area contributed by atoms with E-state index in [9.17, 15) is 14.0 Å². The Balaban J connectivity index is 2.66. The normalized spacial score (nSPS) is 11.9. The molecular formula is C12H13BrFNO3. The van der Waals surface area contributed by atoms with Crippen LogP contribution in [0.4, 0.5) is 4.39 Å². The van der Waals surface area contributed by atoms with Crippen LogP contribution in [0, 0.1) is 5.82 Å². The average molecular weight is 318 g/mol. The molecule has 6 heteroatoms. The second kappa shape index (κ2) is 7.10. The molecule has 98 valence electrons. The molecule has 0 fully saturated rings. The Bertz CT molecular complexity index is 439. The van der Waals surface area contributed by atoms with Gasteiger partial charge in [0.1, 0.15) is 5.82 Å². The van der Waals surface area contributed by atoms with Crippen molar-refractivity contribution >= 4 is 28.3 Å². The molecule has 1 aromatic rings. The number of hydrogen-bond acceptors (Lipinski definition) is 2. The van der Waals surface area contributed by atoms with Gasteiger partial charge in [0.2, 0.25) is 6.41 Å². The molecule has 18 heavy (non-hydrogen) atoms. The Kier molecular flexibility index (Phi) is 5.77. The molecule has 1 unspecified atom stereocenters. The number of hydrogen-bond donors (Lipinski definition) is 2. The van der Waals surface area contributed by atoms with E-state index in [1.165, 1.54) is 6.07 Å². The van der Waals surface area contributed by atoms with E-state index in [1.54, 1.807) is 12.1 Å². The zero-order valence-electron chi connectivity index (χ0n) is 9.53. The summed E-state index contributed by atoms with van der Waals surface area (Å²) in [6, 6.07) is 4.29. The predicted molar refractivity (Wildman–Crippen MR) is 67.7 cm³/mol. The molecule has 4 nitrogen and oxygen atoms in total. The Morgan fingerprint density at radius 2 is 2.28 bits per heavy atom. The van der Waals surface area contributed by atoms with Crippen LogP contribution >= 0.6 is 15.9 Å². The first-order valence-corrected chi connectivity index (χ1v) is 6.17. The zero-order chi connectivity index (χ0) is 13.5. The third kappa shape index (κ3) is 4.83. The van der Waals surface area contributed by atoms with Crippen molar-refractivity contribution in [1.82, 2.24) is 5.32 Å². The number of carbonyl (C=O) groups is 2. The number of halogens is 2. The molecule has 0 saturated heterocycles. The van der Waals surface area contributed by atoms with Gasteiger partial charge in [-0.2, -0.15) is 0 Å². The number of rotatable bonds is 7. The summed E-state index contributed by atoms with van der Waals surface area (Å²) in [4.78, 5) is 20.9.